The number of anilines is 1. The fraction of sp³-hybridized carbons (Fsp3) is 0.211. The van der Waals surface area contributed by atoms with Gasteiger partial charge in [0.05, 0.1) is 27.6 Å². The molecule has 0 saturated carbocycles. The van der Waals surface area contributed by atoms with Crippen molar-refractivity contribution < 1.29 is 5.11 Å². The normalized spacial score (nSPS) is 12.5. The van der Waals surface area contributed by atoms with Crippen molar-refractivity contribution in [3.8, 4) is 0 Å². The molecular formula is C19H18N4OS2. The molecule has 2 aromatic carbocycles. The molecule has 4 aromatic rings. The minimum absolute atomic E-state index is 0.440. The fourth-order valence-corrected chi connectivity index (χ4v) is 4.53. The van der Waals surface area contributed by atoms with Crippen LogP contribution in [-0.2, 0) is 5.75 Å². The van der Waals surface area contributed by atoms with Gasteiger partial charge in [0.1, 0.15) is 11.6 Å². The lowest BCUT2D eigenvalue weighted by Crippen LogP contribution is -2.16. The van der Waals surface area contributed by atoms with E-state index < -0.39 is 6.10 Å². The zero-order valence-corrected chi connectivity index (χ0v) is 15.8. The van der Waals surface area contributed by atoms with Gasteiger partial charge in [-0.2, -0.15) is 0 Å². The van der Waals surface area contributed by atoms with Crippen LogP contribution in [0, 0.1) is 0 Å². The Morgan fingerprint density at radius 2 is 1.81 bits per heavy atom. The Morgan fingerprint density at radius 3 is 2.62 bits per heavy atom. The third-order valence-electron chi connectivity index (χ3n) is 3.81. The molecule has 2 N–H and O–H groups in total. The summed E-state index contributed by atoms with van der Waals surface area (Å²) in [6, 6.07) is 16.1. The van der Waals surface area contributed by atoms with E-state index in [2.05, 4.69) is 26.3 Å². The molecule has 0 aliphatic rings. The van der Waals surface area contributed by atoms with E-state index in [-0.39, 0.29) is 0 Å². The lowest BCUT2D eigenvalue weighted by molar-refractivity contribution is 0.208. The van der Waals surface area contributed by atoms with Crippen LogP contribution in [0.5, 0.6) is 0 Å². The number of aliphatic hydroxyl groups is 1. The lowest BCUT2D eigenvalue weighted by atomic mass is 10.2. The van der Waals surface area contributed by atoms with E-state index in [0.717, 1.165) is 32.4 Å². The Bertz CT molecular complexity index is 1020. The first-order chi connectivity index (χ1) is 12.7. The number of aromatic nitrogens is 3. The first kappa shape index (κ1) is 17.2. The summed E-state index contributed by atoms with van der Waals surface area (Å²) in [5.74, 6) is 2.16. The quantitative estimate of drug-likeness (QED) is 0.484. The van der Waals surface area contributed by atoms with E-state index >= 15 is 0 Å². The van der Waals surface area contributed by atoms with Crippen LogP contribution in [0.4, 0.5) is 5.82 Å². The molecule has 2 heterocycles. The van der Waals surface area contributed by atoms with Crippen molar-refractivity contribution in [1.29, 1.82) is 0 Å². The van der Waals surface area contributed by atoms with E-state index in [1.807, 2.05) is 42.5 Å². The minimum atomic E-state index is -0.440. The summed E-state index contributed by atoms with van der Waals surface area (Å²) in [6.07, 6.45) is -0.440. The van der Waals surface area contributed by atoms with Crippen molar-refractivity contribution in [3.63, 3.8) is 0 Å². The summed E-state index contributed by atoms with van der Waals surface area (Å²) in [6.45, 7) is 2.20. The molecule has 1 unspecified atom stereocenters. The molecule has 0 radical (unpaired) electrons. The molecule has 0 amide bonds. The molecule has 0 spiro atoms. The standard InChI is InChI=1S/C19H18N4OS2/c1-12(24)10-20-18-13-6-2-3-7-14(13)21-17(23-18)11-25-19-22-15-8-4-5-9-16(15)26-19/h2-9,12,24H,10-11H2,1H3,(H,20,21,23). The van der Waals surface area contributed by atoms with Crippen molar-refractivity contribution in [3.05, 3.63) is 54.4 Å². The van der Waals surface area contributed by atoms with Gasteiger partial charge in [-0.15, -0.1) is 11.3 Å². The Kier molecular flexibility index (Phi) is 5.01. The van der Waals surface area contributed by atoms with Crippen molar-refractivity contribution in [2.75, 3.05) is 11.9 Å². The predicted molar refractivity (Wildman–Crippen MR) is 109 cm³/mol. The number of para-hydroxylation sites is 2. The average Bonchev–Trinajstić information content (AvgIpc) is 3.07. The van der Waals surface area contributed by atoms with Gasteiger partial charge in [-0.25, -0.2) is 15.0 Å². The van der Waals surface area contributed by atoms with Crippen LogP contribution in [0.1, 0.15) is 12.7 Å². The number of hydrogen-bond donors (Lipinski definition) is 2. The topological polar surface area (TPSA) is 70.9 Å². The van der Waals surface area contributed by atoms with Crippen LogP contribution in [0.15, 0.2) is 52.9 Å². The first-order valence-corrected chi connectivity index (χ1v) is 10.2. The van der Waals surface area contributed by atoms with Gasteiger partial charge in [0.15, 0.2) is 4.34 Å². The Hall–Kier alpha value is -2.22. The van der Waals surface area contributed by atoms with E-state index in [1.165, 1.54) is 4.70 Å². The zero-order valence-electron chi connectivity index (χ0n) is 14.2. The third-order valence-corrected chi connectivity index (χ3v) is 5.99. The van der Waals surface area contributed by atoms with Crippen LogP contribution in [0.3, 0.4) is 0 Å². The van der Waals surface area contributed by atoms with Gasteiger partial charge in [0.2, 0.25) is 0 Å². The zero-order chi connectivity index (χ0) is 17.9. The highest BCUT2D eigenvalue weighted by molar-refractivity contribution is 8.00. The number of fused-ring (bicyclic) bond motifs is 2. The maximum absolute atomic E-state index is 9.56. The first-order valence-electron chi connectivity index (χ1n) is 8.35. The molecule has 0 bridgehead atoms. The second kappa shape index (κ2) is 7.57. The number of thioether (sulfide) groups is 1. The number of benzene rings is 2. The Morgan fingerprint density at radius 1 is 1.04 bits per heavy atom. The van der Waals surface area contributed by atoms with Crippen molar-refractivity contribution in [2.45, 2.75) is 23.1 Å². The van der Waals surface area contributed by atoms with Crippen LogP contribution in [0.25, 0.3) is 21.1 Å². The number of nitrogens with zero attached hydrogens (tertiary/aromatic N) is 3. The number of nitrogens with one attached hydrogen (secondary N) is 1. The van der Waals surface area contributed by atoms with Crippen molar-refractivity contribution in [1.82, 2.24) is 15.0 Å². The largest absolute Gasteiger partial charge is 0.392 e. The predicted octanol–water partition coefficient (Wildman–Crippen LogP) is 4.32. The summed E-state index contributed by atoms with van der Waals surface area (Å²) in [7, 11) is 0. The molecule has 0 fully saturated rings. The average molecular weight is 383 g/mol. The van der Waals surface area contributed by atoms with Gasteiger partial charge in [0.25, 0.3) is 0 Å². The van der Waals surface area contributed by atoms with Crippen LogP contribution in [0.2, 0.25) is 0 Å². The van der Waals surface area contributed by atoms with Gasteiger partial charge in [-0.3, -0.25) is 0 Å². The SMILES string of the molecule is CC(O)CNc1nc(CSc2nc3ccccc3s2)nc2ccccc12. The van der Waals surface area contributed by atoms with Crippen LogP contribution < -0.4 is 5.32 Å². The molecule has 1 atom stereocenters. The van der Waals surface area contributed by atoms with Crippen molar-refractivity contribution >= 4 is 50.0 Å². The monoisotopic (exact) mass is 382 g/mol. The van der Waals surface area contributed by atoms with Gasteiger partial charge in [0, 0.05) is 11.9 Å². The van der Waals surface area contributed by atoms with Gasteiger partial charge >= 0.3 is 0 Å². The van der Waals surface area contributed by atoms with Crippen LogP contribution >= 0.6 is 23.1 Å². The molecule has 132 valence electrons. The van der Waals surface area contributed by atoms with E-state index in [4.69, 9.17) is 0 Å². The maximum atomic E-state index is 9.56. The Labute approximate surface area is 159 Å². The van der Waals surface area contributed by atoms with Gasteiger partial charge in [-0.1, -0.05) is 36.0 Å². The minimum Gasteiger partial charge on any atom is -0.392 e. The van der Waals surface area contributed by atoms with E-state index in [9.17, 15) is 5.11 Å². The molecule has 0 saturated heterocycles. The highest BCUT2D eigenvalue weighted by atomic mass is 32.2. The molecule has 4 rings (SSSR count). The highest BCUT2D eigenvalue weighted by Gasteiger charge is 2.10. The maximum Gasteiger partial charge on any atom is 0.151 e. The van der Waals surface area contributed by atoms with Crippen LogP contribution in [-0.4, -0.2) is 32.7 Å². The van der Waals surface area contributed by atoms with Gasteiger partial charge < -0.3 is 10.4 Å². The smallest absolute Gasteiger partial charge is 0.151 e. The Balaban J connectivity index is 1.59. The molecule has 0 aliphatic carbocycles. The fourth-order valence-electron chi connectivity index (χ4n) is 2.61. The second-order valence-corrected chi connectivity index (χ2v) is 8.22. The summed E-state index contributed by atoms with van der Waals surface area (Å²) in [5.41, 5.74) is 1.93. The number of thiazole rings is 1. The summed E-state index contributed by atoms with van der Waals surface area (Å²) in [4.78, 5) is 14.0. The molecule has 0 aliphatic heterocycles. The number of hydrogen-bond acceptors (Lipinski definition) is 7. The second-order valence-electron chi connectivity index (χ2n) is 5.97. The lowest BCUT2D eigenvalue weighted by Gasteiger charge is -2.11. The number of rotatable bonds is 6. The molecule has 7 heteroatoms. The molecular weight excluding hydrogens is 364 g/mol. The van der Waals surface area contributed by atoms with Crippen molar-refractivity contribution in [2.24, 2.45) is 0 Å². The summed E-state index contributed by atoms with van der Waals surface area (Å²) >= 11 is 3.33. The molecule has 2 aromatic heterocycles. The third kappa shape index (κ3) is 3.80. The van der Waals surface area contributed by atoms with E-state index in [0.29, 0.717) is 12.3 Å². The van der Waals surface area contributed by atoms with E-state index in [1.54, 1.807) is 30.0 Å². The van der Waals surface area contributed by atoms with Gasteiger partial charge in [-0.05, 0) is 31.2 Å². The summed E-state index contributed by atoms with van der Waals surface area (Å²) in [5, 5.41) is 13.7. The highest BCUT2D eigenvalue weighted by Crippen LogP contribution is 2.31. The summed E-state index contributed by atoms with van der Waals surface area (Å²) < 4.78 is 2.20. The molecule has 26 heavy (non-hydrogen) atoms. The number of aliphatic hydroxyl groups excluding tert-OH is 1. The molecule has 5 nitrogen and oxygen atoms in total.